The maximum absolute atomic E-state index is 11.5. The number of hydrogen-bond donors (Lipinski definition) is 4. The molecule has 0 saturated carbocycles. The quantitative estimate of drug-likeness (QED) is 0.615. The summed E-state index contributed by atoms with van der Waals surface area (Å²) in [7, 11) is 0. The summed E-state index contributed by atoms with van der Waals surface area (Å²) in [5.41, 5.74) is 0. The van der Waals surface area contributed by atoms with Crippen molar-refractivity contribution in [2.75, 3.05) is 6.61 Å². The van der Waals surface area contributed by atoms with Gasteiger partial charge in [-0.2, -0.15) is 0 Å². The summed E-state index contributed by atoms with van der Waals surface area (Å²) in [5.74, 6) is -1.29. The summed E-state index contributed by atoms with van der Waals surface area (Å²) in [6.07, 6.45) is 1.70. The number of urea groups is 1. The first-order valence-electron chi connectivity index (χ1n) is 5.27. The van der Waals surface area contributed by atoms with Crippen LogP contribution >= 0.6 is 11.3 Å². The van der Waals surface area contributed by atoms with Crippen molar-refractivity contribution in [1.29, 1.82) is 0 Å². The van der Waals surface area contributed by atoms with Crippen LogP contribution in [0.3, 0.4) is 0 Å². The van der Waals surface area contributed by atoms with Gasteiger partial charge in [0.15, 0.2) is 6.04 Å². The van der Waals surface area contributed by atoms with E-state index in [1.807, 2.05) is 6.92 Å². The average Bonchev–Trinajstić information content (AvgIpc) is 2.72. The third-order valence-electron chi connectivity index (χ3n) is 2.14. The molecule has 1 unspecified atom stereocenters. The molecule has 0 fully saturated rings. The van der Waals surface area contributed by atoms with E-state index >= 15 is 0 Å². The highest BCUT2D eigenvalue weighted by atomic mass is 32.1. The number of rotatable bonds is 5. The molecule has 0 aliphatic rings. The highest BCUT2D eigenvalue weighted by Crippen LogP contribution is 2.18. The molecule has 2 amide bonds. The minimum Gasteiger partial charge on any atom is -0.480 e. The van der Waals surface area contributed by atoms with E-state index in [2.05, 4.69) is 15.6 Å². The van der Waals surface area contributed by atoms with Gasteiger partial charge in [0.2, 0.25) is 0 Å². The number of carboxylic acids is 1. The molecule has 7 nitrogen and oxygen atoms in total. The Morgan fingerprint density at radius 1 is 1.50 bits per heavy atom. The van der Waals surface area contributed by atoms with Gasteiger partial charge in [-0.25, -0.2) is 14.6 Å². The van der Waals surface area contributed by atoms with Crippen molar-refractivity contribution >= 4 is 23.3 Å². The van der Waals surface area contributed by atoms with Crippen LogP contribution < -0.4 is 10.6 Å². The van der Waals surface area contributed by atoms with Crippen LogP contribution in [0.15, 0.2) is 6.20 Å². The number of carboxylic acid groups (broad SMARTS) is 1. The molecule has 0 spiro atoms. The van der Waals surface area contributed by atoms with Crippen LogP contribution in [0.4, 0.5) is 4.79 Å². The van der Waals surface area contributed by atoms with Crippen molar-refractivity contribution < 1.29 is 19.8 Å². The first kappa shape index (κ1) is 14.4. The van der Waals surface area contributed by atoms with Crippen LogP contribution in [-0.2, 0) is 4.79 Å². The molecule has 0 aliphatic heterocycles. The molecule has 1 rings (SSSR count). The Morgan fingerprint density at radius 3 is 2.61 bits per heavy atom. The molecule has 0 aromatic carbocycles. The minimum absolute atomic E-state index is 0.322. The molecule has 18 heavy (non-hydrogen) atoms. The van der Waals surface area contributed by atoms with Gasteiger partial charge in [0.1, 0.15) is 5.01 Å². The van der Waals surface area contributed by atoms with Crippen molar-refractivity contribution in [2.45, 2.75) is 25.9 Å². The van der Waals surface area contributed by atoms with Gasteiger partial charge in [0.25, 0.3) is 0 Å². The molecule has 0 radical (unpaired) electrons. The van der Waals surface area contributed by atoms with E-state index in [1.165, 1.54) is 11.3 Å². The molecule has 2 atom stereocenters. The molecule has 1 aromatic heterocycles. The van der Waals surface area contributed by atoms with Crippen molar-refractivity contribution in [3.8, 4) is 0 Å². The minimum atomic E-state index is -1.31. The Labute approximate surface area is 108 Å². The zero-order valence-corrected chi connectivity index (χ0v) is 10.8. The number of aromatic nitrogens is 1. The fourth-order valence-corrected chi connectivity index (χ4v) is 1.99. The maximum atomic E-state index is 11.5. The lowest BCUT2D eigenvalue weighted by Gasteiger charge is -2.15. The number of carbonyl (C=O) groups is 2. The van der Waals surface area contributed by atoms with Crippen LogP contribution in [0.5, 0.6) is 0 Å². The fraction of sp³-hybridized carbons (Fsp3) is 0.500. The van der Waals surface area contributed by atoms with Gasteiger partial charge in [-0.15, -0.1) is 11.3 Å². The molecule has 0 aliphatic carbocycles. The molecular formula is C10H15N3O4S. The second-order valence-corrected chi connectivity index (χ2v) is 4.99. The standard InChI is InChI=1S/C10H15N3O4S/c1-5-3-11-8(18-5)6(2)12-10(17)13-7(4-14)9(15)16/h3,6-7,14H,4H2,1-2H3,(H,15,16)(H2,12,13,17)/t6?,7-/m0/s1. The second-order valence-electron chi connectivity index (χ2n) is 3.72. The van der Waals surface area contributed by atoms with E-state index in [4.69, 9.17) is 10.2 Å². The number of thiazole rings is 1. The van der Waals surface area contributed by atoms with Crippen molar-refractivity contribution in [3.05, 3.63) is 16.1 Å². The third-order valence-corrected chi connectivity index (χ3v) is 3.24. The van der Waals surface area contributed by atoms with E-state index in [1.54, 1.807) is 13.1 Å². The third kappa shape index (κ3) is 3.97. The number of nitrogens with zero attached hydrogens (tertiary/aromatic N) is 1. The van der Waals surface area contributed by atoms with Crippen LogP contribution in [0, 0.1) is 6.92 Å². The Bertz CT molecular complexity index is 435. The maximum Gasteiger partial charge on any atom is 0.328 e. The smallest absolute Gasteiger partial charge is 0.328 e. The second kappa shape index (κ2) is 6.31. The molecule has 0 saturated heterocycles. The van der Waals surface area contributed by atoms with E-state index < -0.39 is 24.6 Å². The molecule has 100 valence electrons. The number of amides is 2. The Balaban J connectivity index is 2.52. The van der Waals surface area contributed by atoms with E-state index in [-0.39, 0.29) is 6.04 Å². The number of carbonyl (C=O) groups excluding carboxylic acids is 1. The zero-order valence-electron chi connectivity index (χ0n) is 10.0. The number of aliphatic hydroxyl groups excluding tert-OH is 1. The van der Waals surface area contributed by atoms with Crippen LogP contribution in [0.1, 0.15) is 22.9 Å². The van der Waals surface area contributed by atoms with Gasteiger partial charge >= 0.3 is 12.0 Å². The first-order valence-corrected chi connectivity index (χ1v) is 6.08. The summed E-state index contributed by atoms with van der Waals surface area (Å²) >= 11 is 1.45. The molecular weight excluding hydrogens is 258 g/mol. The Morgan fingerprint density at radius 2 is 2.17 bits per heavy atom. The van der Waals surface area contributed by atoms with Gasteiger partial charge < -0.3 is 20.8 Å². The molecule has 0 bridgehead atoms. The van der Waals surface area contributed by atoms with E-state index in [0.29, 0.717) is 0 Å². The lowest BCUT2D eigenvalue weighted by molar-refractivity contribution is -0.140. The number of hydrogen-bond acceptors (Lipinski definition) is 5. The molecule has 1 aromatic rings. The van der Waals surface area contributed by atoms with Crippen LogP contribution in [-0.4, -0.2) is 39.8 Å². The Hall–Kier alpha value is -1.67. The van der Waals surface area contributed by atoms with Crippen molar-refractivity contribution in [2.24, 2.45) is 0 Å². The monoisotopic (exact) mass is 273 g/mol. The van der Waals surface area contributed by atoms with Gasteiger partial charge in [-0.1, -0.05) is 0 Å². The van der Waals surface area contributed by atoms with Gasteiger partial charge in [0.05, 0.1) is 12.6 Å². The number of nitrogens with one attached hydrogen (secondary N) is 2. The number of aliphatic hydroxyl groups is 1. The highest BCUT2D eigenvalue weighted by Gasteiger charge is 2.20. The summed E-state index contributed by atoms with van der Waals surface area (Å²) in [4.78, 5) is 27.2. The SMILES string of the molecule is Cc1cnc(C(C)NC(=O)N[C@@H](CO)C(=O)O)s1. The van der Waals surface area contributed by atoms with Crippen molar-refractivity contribution in [3.63, 3.8) is 0 Å². The zero-order chi connectivity index (χ0) is 13.7. The predicted molar refractivity (Wildman–Crippen MR) is 65.4 cm³/mol. The topological polar surface area (TPSA) is 112 Å². The van der Waals surface area contributed by atoms with E-state index in [9.17, 15) is 9.59 Å². The summed E-state index contributed by atoms with van der Waals surface area (Å²) in [5, 5.41) is 22.9. The van der Waals surface area contributed by atoms with Crippen LogP contribution in [0.2, 0.25) is 0 Å². The van der Waals surface area contributed by atoms with Gasteiger partial charge in [0, 0.05) is 11.1 Å². The van der Waals surface area contributed by atoms with Gasteiger partial charge in [-0.05, 0) is 13.8 Å². The Kier molecular flexibility index (Phi) is 5.05. The summed E-state index contributed by atoms with van der Waals surface area (Å²) in [6, 6.07) is -2.29. The molecule has 8 heteroatoms. The number of aryl methyl sites for hydroxylation is 1. The van der Waals surface area contributed by atoms with Crippen LogP contribution in [0.25, 0.3) is 0 Å². The highest BCUT2D eigenvalue weighted by molar-refractivity contribution is 7.11. The van der Waals surface area contributed by atoms with Crippen molar-refractivity contribution in [1.82, 2.24) is 15.6 Å². The van der Waals surface area contributed by atoms with Gasteiger partial charge in [-0.3, -0.25) is 0 Å². The fourth-order valence-electron chi connectivity index (χ4n) is 1.22. The first-order chi connectivity index (χ1) is 8.43. The average molecular weight is 273 g/mol. The largest absolute Gasteiger partial charge is 0.480 e. The predicted octanol–water partition coefficient (Wildman–Crippen LogP) is 0.257. The normalized spacial score (nSPS) is 13.7. The lowest BCUT2D eigenvalue weighted by Crippen LogP contribution is -2.48. The summed E-state index contributed by atoms with van der Waals surface area (Å²) < 4.78 is 0. The lowest BCUT2D eigenvalue weighted by atomic mass is 10.3. The number of aliphatic carboxylic acids is 1. The summed E-state index contributed by atoms with van der Waals surface area (Å²) in [6.45, 7) is 2.99. The van der Waals surface area contributed by atoms with E-state index in [0.717, 1.165) is 9.88 Å². The molecule has 4 N–H and O–H groups in total. The molecule has 1 heterocycles.